The van der Waals surface area contributed by atoms with Gasteiger partial charge in [-0.15, -0.1) is 0 Å². The van der Waals surface area contributed by atoms with Crippen LogP contribution < -0.4 is 5.32 Å². The lowest BCUT2D eigenvalue weighted by atomic mass is 9.96. The second kappa shape index (κ2) is 8.23. The molecule has 5 N–H and O–H groups in total. The van der Waals surface area contributed by atoms with E-state index in [1.165, 1.54) is 16.3 Å². The summed E-state index contributed by atoms with van der Waals surface area (Å²) in [5.41, 5.74) is 1.25. The first-order valence-electron chi connectivity index (χ1n) is 8.62. The zero-order valence-corrected chi connectivity index (χ0v) is 14.0. The fourth-order valence-corrected chi connectivity index (χ4v) is 3.38. The van der Waals surface area contributed by atoms with E-state index in [0.29, 0.717) is 6.54 Å². The highest BCUT2D eigenvalue weighted by Gasteiger charge is 2.43. The van der Waals surface area contributed by atoms with E-state index in [1.54, 1.807) is 0 Å². The summed E-state index contributed by atoms with van der Waals surface area (Å²) >= 11 is 0. The summed E-state index contributed by atoms with van der Waals surface area (Å²) < 4.78 is 5.14. The Labute approximate surface area is 146 Å². The highest BCUT2D eigenvalue weighted by atomic mass is 16.6. The number of rotatable bonds is 6. The van der Waals surface area contributed by atoms with Crippen LogP contribution in [-0.4, -0.2) is 64.2 Å². The molecule has 0 amide bonds. The van der Waals surface area contributed by atoms with Crippen molar-refractivity contribution in [2.45, 2.75) is 43.5 Å². The fourth-order valence-electron chi connectivity index (χ4n) is 3.38. The van der Waals surface area contributed by atoms with Crippen molar-refractivity contribution in [2.75, 3.05) is 13.2 Å². The molecule has 0 aromatic heterocycles. The largest absolute Gasteiger partial charge is 0.394 e. The van der Waals surface area contributed by atoms with Crippen LogP contribution in [0.1, 0.15) is 12.0 Å². The summed E-state index contributed by atoms with van der Waals surface area (Å²) in [5.74, 6) is 0. The van der Waals surface area contributed by atoms with Crippen molar-refractivity contribution in [3.63, 3.8) is 0 Å². The molecule has 6 heteroatoms. The number of nitrogens with one attached hydrogen (secondary N) is 1. The molecular weight excluding hydrogens is 322 g/mol. The van der Waals surface area contributed by atoms with Gasteiger partial charge < -0.3 is 30.5 Å². The summed E-state index contributed by atoms with van der Waals surface area (Å²) in [6.07, 6.45) is -3.01. The predicted molar refractivity (Wildman–Crippen MR) is 94.0 cm³/mol. The van der Waals surface area contributed by atoms with Crippen molar-refractivity contribution < 1.29 is 25.2 Å². The third-order valence-electron chi connectivity index (χ3n) is 4.78. The summed E-state index contributed by atoms with van der Waals surface area (Å²) in [6.45, 7) is 0.102. The summed E-state index contributed by atoms with van der Waals surface area (Å²) in [7, 11) is 0. The lowest BCUT2D eigenvalue weighted by Crippen LogP contribution is -2.63. The van der Waals surface area contributed by atoms with Gasteiger partial charge in [0.15, 0.2) is 6.29 Å². The van der Waals surface area contributed by atoms with Crippen molar-refractivity contribution in [1.29, 1.82) is 0 Å². The van der Waals surface area contributed by atoms with Gasteiger partial charge in [0.1, 0.15) is 18.3 Å². The Hall–Kier alpha value is -1.54. The molecule has 1 aliphatic rings. The second-order valence-electron chi connectivity index (χ2n) is 6.45. The van der Waals surface area contributed by atoms with E-state index in [-0.39, 0.29) is 0 Å². The predicted octanol–water partition coefficient (Wildman–Crippen LogP) is 0.162. The van der Waals surface area contributed by atoms with Crippen molar-refractivity contribution in [1.82, 2.24) is 5.32 Å². The molecule has 0 saturated carbocycles. The molecule has 0 bridgehead atoms. The zero-order chi connectivity index (χ0) is 17.8. The minimum Gasteiger partial charge on any atom is -0.394 e. The van der Waals surface area contributed by atoms with E-state index in [1.807, 2.05) is 18.2 Å². The summed E-state index contributed by atoms with van der Waals surface area (Å²) in [6, 6.07) is 13.7. The number of benzene rings is 2. The van der Waals surface area contributed by atoms with Crippen LogP contribution in [0.2, 0.25) is 0 Å². The Kier molecular flexibility index (Phi) is 6.01. The van der Waals surface area contributed by atoms with Crippen LogP contribution in [0.4, 0.5) is 0 Å². The Morgan fingerprint density at radius 1 is 0.960 bits per heavy atom. The van der Waals surface area contributed by atoms with Crippen LogP contribution >= 0.6 is 0 Å². The number of aliphatic hydroxyl groups excluding tert-OH is 4. The maximum Gasteiger partial charge on any atom is 0.173 e. The SMILES string of the molecule is OC[C@H]1OC(O)[C@H](NCCCc2cccc3ccccc23)[C@@H](O)[C@H]1O. The minimum atomic E-state index is -1.27. The molecule has 1 unspecified atom stereocenters. The second-order valence-corrected chi connectivity index (χ2v) is 6.45. The molecule has 1 aliphatic heterocycles. The van der Waals surface area contributed by atoms with E-state index >= 15 is 0 Å². The first kappa shape index (κ1) is 18.3. The van der Waals surface area contributed by atoms with Gasteiger partial charge in [-0.1, -0.05) is 42.5 Å². The summed E-state index contributed by atoms with van der Waals surface area (Å²) in [4.78, 5) is 0. The normalized spacial score (nSPS) is 29.8. The monoisotopic (exact) mass is 347 g/mol. The molecule has 0 radical (unpaired) electrons. The van der Waals surface area contributed by atoms with Crippen LogP contribution in [0, 0.1) is 0 Å². The molecule has 1 saturated heterocycles. The van der Waals surface area contributed by atoms with Gasteiger partial charge in [0.25, 0.3) is 0 Å². The highest BCUT2D eigenvalue weighted by molar-refractivity contribution is 5.85. The molecule has 2 aromatic carbocycles. The Morgan fingerprint density at radius 2 is 1.72 bits per heavy atom. The van der Waals surface area contributed by atoms with Gasteiger partial charge in [-0.05, 0) is 35.7 Å². The first-order chi connectivity index (χ1) is 12.1. The average Bonchev–Trinajstić information content (AvgIpc) is 2.64. The number of hydrogen-bond acceptors (Lipinski definition) is 6. The van der Waals surface area contributed by atoms with Crippen molar-refractivity contribution in [3.8, 4) is 0 Å². The molecule has 1 heterocycles. The van der Waals surface area contributed by atoms with Gasteiger partial charge >= 0.3 is 0 Å². The molecule has 25 heavy (non-hydrogen) atoms. The number of fused-ring (bicyclic) bond motifs is 1. The standard InChI is InChI=1S/C19H25NO5/c21-11-15-17(22)18(23)16(19(24)25-15)20-10-4-8-13-7-3-6-12-5-1-2-9-14(12)13/h1-3,5-7,9,15-24H,4,8,10-11H2/t15-,16-,17+,18-,19?/m1/s1. The zero-order valence-electron chi connectivity index (χ0n) is 14.0. The number of aliphatic hydroxyl groups is 4. The van der Waals surface area contributed by atoms with Crippen LogP contribution in [0.5, 0.6) is 0 Å². The molecule has 0 aliphatic carbocycles. The van der Waals surface area contributed by atoms with Gasteiger partial charge in [0.2, 0.25) is 0 Å². The molecule has 2 aromatic rings. The molecule has 6 nitrogen and oxygen atoms in total. The fraction of sp³-hybridized carbons (Fsp3) is 0.474. The minimum absolute atomic E-state index is 0.455. The van der Waals surface area contributed by atoms with E-state index in [0.717, 1.165) is 12.8 Å². The Morgan fingerprint density at radius 3 is 2.52 bits per heavy atom. The van der Waals surface area contributed by atoms with E-state index in [4.69, 9.17) is 9.84 Å². The maximum absolute atomic E-state index is 10.1. The average molecular weight is 347 g/mol. The molecule has 5 atom stereocenters. The van der Waals surface area contributed by atoms with E-state index < -0.39 is 37.3 Å². The van der Waals surface area contributed by atoms with Gasteiger partial charge in [-0.2, -0.15) is 0 Å². The van der Waals surface area contributed by atoms with Crippen molar-refractivity contribution in [3.05, 3.63) is 48.0 Å². The number of hydrogen-bond donors (Lipinski definition) is 5. The molecular formula is C19H25NO5. The number of aryl methyl sites for hydroxylation is 1. The first-order valence-corrected chi connectivity index (χ1v) is 8.62. The molecule has 3 rings (SSSR count). The Bertz CT molecular complexity index is 689. The third kappa shape index (κ3) is 4.00. The van der Waals surface area contributed by atoms with Gasteiger partial charge in [0.05, 0.1) is 12.6 Å². The molecule has 0 spiro atoms. The van der Waals surface area contributed by atoms with Gasteiger partial charge in [0, 0.05) is 0 Å². The third-order valence-corrected chi connectivity index (χ3v) is 4.78. The Balaban J connectivity index is 1.54. The van der Waals surface area contributed by atoms with Gasteiger partial charge in [-0.25, -0.2) is 0 Å². The topological polar surface area (TPSA) is 102 Å². The lowest BCUT2D eigenvalue weighted by Gasteiger charge is -2.40. The van der Waals surface area contributed by atoms with E-state index in [9.17, 15) is 15.3 Å². The van der Waals surface area contributed by atoms with Crippen LogP contribution in [0.3, 0.4) is 0 Å². The maximum atomic E-state index is 10.1. The van der Waals surface area contributed by atoms with Crippen LogP contribution in [0.15, 0.2) is 42.5 Å². The quantitative estimate of drug-likeness (QED) is 0.477. The van der Waals surface area contributed by atoms with E-state index in [2.05, 4.69) is 29.6 Å². The highest BCUT2D eigenvalue weighted by Crippen LogP contribution is 2.21. The number of ether oxygens (including phenoxy) is 1. The van der Waals surface area contributed by atoms with Crippen LogP contribution in [-0.2, 0) is 11.2 Å². The molecule has 136 valence electrons. The lowest BCUT2D eigenvalue weighted by molar-refractivity contribution is -0.254. The van der Waals surface area contributed by atoms with Crippen molar-refractivity contribution in [2.24, 2.45) is 0 Å². The van der Waals surface area contributed by atoms with Gasteiger partial charge in [-0.3, -0.25) is 0 Å². The smallest absolute Gasteiger partial charge is 0.173 e. The van der Waals surface area contributed by atoms with Crippen LogP contribution in [0.25, 0.3) is 10.8 Å². The summed E-state index contributed by atoms with van der Waals surface area (Å²) in [5, 5.41) is 44.5. The molecule has 1 fully saturated rings. The van der Waals surface area contributed by atoms with Crippen molar-refractivity contribution >= 4 is 10.8 Å².